The van der Waals surface area contributed by atoms with E-state index >= 15 is 0 Å². The highest BCUT2D eigenvalue weighted by atomic mass is 16.4. The number of aryl methyl sites for hydroxylation is 4. The fourth-order valence-corrected chi connectivity index (χ4v) is 3.56. The van der Waals surface area contributed by atoms with Gasteiger partial charge >= 0.3 is 5.63 Å². The Labute approximate surface area is 187 Å². The molecule has 0 aliphatic carbocycles. The number of nitrogens with one attached hydrogen (secondary N) is 2. The van der Waals surface area contributed by atoms with Crippen LogP contribution in [0.4, 0.5) is 5.69 Å². The fraction of sp³-hybridized carbons (Fsp3) is 0.269. The molecule has 0 aliphatic heterocycles. The Balaban J connectivity index is 1.64. The van der Waals surface area contributed by atoms with Gasteiger partial charge in [0.1, 0.15) is 11.3 Å². The van der Waals surface area contributed by atoms with Gasteiger partial charge in [-0.1, -0.05) is 42.5 Å². The topological polar surface area (TPSA) is 88.4 Å². The Hall–Kier alpha value is -3.67. The molecular weight excluding hydrogens is 404 g/mol. The summed E-state index contributed by atoms with van der Waals surface area (Å²) in [6, 6.07) is 19.1. The van der Waals surface area contributed by atoms with E-state index in [4.69, 9.17) is 4.42 Å². The number of hydrogen-bond donors (Lipinski definition) is 2. The van der Waals surface area contributed by atoms with E-state index < -0.39 is 11.5 Å². The average molecular weight is 433 g/mol. The highest BCUT2D eigenvalue weighted by molar-refractivity contribution is 6.04. The standard InChI is InChI=1S/C26H28N2O4/c1-18-16-22(13-7-10-19-8-4-3-5-9-19)32-26(31)24(18)25(30)28-21-12-6-11-20(17-21)14-15-23(29)27-2/h3-6,8-9,11-12,16-17H,7,10,13-15H2,1-2H3,(H,27,29)(H,28,30). The zero-order valence-corrected chi connectivity index (χ0v) is 18.4. The predicted octanol–water partition coefficient (Wildman–Crippen LogP) is 4.05. The van der Waals surface area contributed by atoms with Crippen molar-refractivity contribution in [3.05, 3.63) is 99.1 Å². The molecule has 1 aromatic heterocycles. The molecule has 6 nitrogen and oxygen atoms in total. The fourth-order valence-electron chi connectivity index (χ4n) is 3.56. The van der Waals surface area contributed by atoms with E-state index in [1.54, 1.807) is 38.2 Å². The van der Waals surface area contributed by atoms with Crippen molar-refractivity contribution in [3.63, 3.8) is 0 Å². The molecule has 0 atom stereocenters. The summed E-state index contributed by atoms with van der Waals surface area (Å²) < 4.78 is 5.43. The lowest BCUT2D eigenvalue weighted by Crippen LogP contribution is -2.23. The molecule has 0 bridgehead atoms. The summed E-state index contributed by atoms with van der Waals surface area (Å²) in [6.07, 6.45) is 3.29. The molecule has 2 aromatic carbocycles. The number of carbonyl (C=O) groups excluding carboxylic acids is 2. The molecule has 2 N–H and O–H groups in total. The van der Waals surface area contributed by atoms with Crippen LogP contribution in [0, 0.1) is 6.92 Å². The lowest BCUT2D eigenvalue weighted by atomic mass is 10.1. The minimum Gasteiger partial charge on any atom is -0.427 e. The number of anilines is 1. The van der Waals surface area contributed by atoms with Crippen LogP contribution in [0.15, 0.2) is 69.9 Å². The van der Waals surface area contributed by atoms with Gasteiger partial charge in [-0.2, -0.15) is 0 Å². The molecular formula is C26H28N2O4. The van der Waals surface area contributed by atoms with E-state index in [1.165, 1.54) is 5.56 Å². The van der Waals surface area contributed by atoms with Gasteiger partial charge in [0.05, 0.1) is 0 Å². The van der Waals surface area contributed by atoms with Gasteiger partial charge in [-0.05, 0) is 61.1 Å². The van der Waals surface area contributed by atoms with Gasteiger partial charge in [0.25, 0.3) is 5.91 Å². The van der Waals surface area contributed by atoms with Crippen molar-refractivity contribution in [2.24, 2.45) is 0 Å². The van der Waals surface area contributed by atoms with Crippen LogP contribution in [0.2, 0.25) is 0 Å². The third kappa shape index (κ3) is 6.41. The van der Waals surface area contributed by atoms with Crippen LogP contribution in [-0.2, 0) is 24.1 Å². The molecule has 0 radical (unpaired) electrons. The maximum atomic E-state index is 12.8. The van der Waals surface area contributed by atoms with Crippen molar-refractivity contribution in [1.29, 1.82) is 0 Å². The Morgan fingerprint density at radius 1 is 0.906 bits per heavy atom. The summed E-state index contributed by atoms with van der Waals surface area (Å²) in [4.78, 5) is 36.7. The van der Waals surface area contributed by atoms with Crippen LogP contribution in [0.1, 0.15) is 45.7 Å². The summed E-state index contributed by atoms with van der Waals surface area (Å²) in [5, 5.41) is 5.35. The molecule has 2 amide bonds. The monoisotopic (exact) mass is 432 g/mol. The van der Waals surface area contributed by atoms with Crippen LogP contribution >= 0.6 is 0 Å². The molecule has 3 aromatic rings. The quantitative estimate of drug-likeness (QED) is 0.534. The highest BCUT2D eigenvalue weighted by Gasteiger charge is 2.17. The highest BCUT2D eigenvalue weighted by Crippen LogP contribution is 2.16. The largest absolute Gasteiger partial charge is 0.427 e. The number of hydrogen-bond acceptors (Lipinski definition) is 4. The number of rotatable bonds is 9. The van der Waals surface area contributed by atoms with Gasteiger partial charge < -0.3 is 15.1 Å². The first-order valence-corrected chi connectivity index (χ1v) is 10.7. The average Bonchev–Trinajstić information content (AvgIpc) is 2.78. The zero-order valence-electron chi connectivity index (χ0n) is 18.4. The summed E-state index contributed by atoms with van der Waals surface area (Å²) in [6.45, 7) is 1.74. The van der Waals surface area contributed by atoms with Crippen molar-refractivity contribution in [3.8, 4) is 0 Å². The van der Waals surface area contributed by atoms with Crippen molar-refractivity contribution in [1.82, 2.24) is 5.32 Å². The minimum atomic E-state index is -0.631. The second kappa shape index (κ2) is 11.1. The molecule has 1 heterocycles. The van der Waals surface area contributed by atoms with Crippen molar-refractivity contribution < 1.29 is 14.0 Å². The van der Waals surface area contributed by atoms with Crippen molar-refractivity contribution in [2.75, 3.05) is 12.4 Å². The molecule has 0 unspecified atom stereocenters. The molecule has 0 spiro atoms. The molecule has 0 fully saturated rings. The van der Waals surface area contributed by atoms with Crippen LogP contribution in [0.3, 0.4) is 0 Å². The first-order chi connectivity index (χ1) is 15.5. The van der Waals surface area contributed by atoms with E-state index in [2.05, 4.69) is 22.8 Å². The first-order valence-electron chi connectivity index (χ1n) is 10.7. The maximum Gasteiger partial charge on any atom is 0.349 e. The van der Waals surface area contributed by atoms with E-state index in [9.17, 15) is 14.4 Å². The van der Waals surface area contributed by atoms with Crippen LogP contribution in [0.5, 0.6) is 0 Å². The van der Waals surface area contributed by atoms with Crippen LogP contribution in [0.25, 0.3) is 0 Å². The van der Waals surface area contributed by atoms with E-state index in [-0.39, 0.29) is 11.5 Å². The second-order valence-electron chi connectivity index (χ2n) is 7.73. The first kappa shape index (κ1) is 23.0. The lowest BCUT2D eigenvalue weighted by Gasteiger charge is -2.09. The van der Waals surface area contributed by atoms with E-state index in [0.29, 0.717) is 36.3 Å². The predicted molar refractivity (Wildman–Crippen MR) is 125 cm³/mol. The Bertz CT molecular complexity index is 1140. The Kier molecular flexibility index (Phi) is 7.97. The van der Waals surface area contributed by atoms with Gasteiger partial charge in [0, 0.05) is 25.6 Å². The third-order valence-electron chi connectivity index (χ3n) is 5.26. The third-order valence-corrected chi connectivity index (χ3v) is 5.26. The number of benzene rings is 2. The molecule has 166 valence electrons. The van der Waals surface area contributed by atoms with Gasteiger partial charge in [0.2, 0.25) is 5.91 Å². The summed E-state index contributed by atoms with van der Waals surface area (Å²) in [7, 11) is 1.60. The van der Waals surface area contributed by atoms with Gasteiger partial charge in [0.15, 0.2) is 0 Å². The summed E-state index contributed by atoms with van der Waals surface area (Å²) in [5.74, 6) is 0.0308. The number of amides is 2. The smallest absolute Gasteiger partial charge is 0.349 e. The molecule has 0 saturated heterocycles. The number of carbonyl (C=O) groups is 2. The minimum absolute atomic E-state index is 0.00701. The molecule has 6 heteroatoms. The lowest BCUT2D eigenvalue weighted by molar-refractivity contribution is -0.120. The van der Waals surface area contributed by atoms with Crippen LogP contribution in [-0.4, -0.2) is 18.9 Å². The SMILES string of the molecule is CNC(=O)CCc1cccc(NC(=O)c2c(C)cc(CCCc3ccccc3)oc2=O)c1. The zero-order chi connectivity index (χ0) is 22.9. The molecule has 0 saturated carbocycles. The second-order valence-corrected chi connectivity index (χ2v) is 7.73. The Morgan fingerprint density at radius 2 is 1.66 bits per heavy atom. The van der Waals surface area contributed by atoms with E-state index in [0.717, 1.165) is 18.4 Å². The molecule has 32 heavy (non-hydrogen) atoms. The maximum absolute atomic E-state index is 12.8. The normalized spacial score (nSPS) is 10.6. The van der Waals surface area contributed by atoms with E-state index in [1.807, 2.05) is 24.3 Å². The van der Waals surface area contributed by atoms with Gasteiger partial charge in [-0.3, -0.25) is 9.59 Å². The van der Waals surface area contributed by atoms with Crippen LogP contribution < -0.4 is 16.3 Å². The van der Waals surface area contributed by atoms with Gasteiger partial charge in [-0.15, -0.1) is 0 Å². The summed E-state index contributed by atoms with van der Waals surface area (Å²) >= 11 is 0. The Morgan fingerprint density at radius 3 is 2.38 bits per heavy atom. The van der Waals surface area contributed by atoms with Crippen molar-refractivity contribution >= 4 is 17.5 Å². The van der Waals surface area contributed by atoms with Crippen molar-refractivity contribution in [2.45, 2.75) is 39.0 Å². The van der Waals surface area contributed by atoms with Gasteiger partial charge in [-0.25, -0.2) is 4.79 Å². The molecule has 0 aliphatic rings. The summed E-state index contributed by atoms with van der Waals surface area (Å²) in [5.41, 5.74) is 2.68. The molecule has 3 rings (SSSR count).